The van der Waals surface area contributed by atoms with E-state index < -0.39 is 6.10 Å². The molecule has 0 fully saturated rings. The Morgan fingerprint density at radius 3 is 2.85 bits per heavy atom. The molecule has 1 aromatic heterocycles. The van der Waals surface area contributed by atoms with E-state index in [0.717, 1.165) is 10.0 Å². The van der Waals surface area contributed by atoms with Crippen LogP contribution in [0.1, 0.15) is 30.8 Å². The van der Waals surface area contributed by atoms with Gasteiger partial charge in [-0.25, -0.2) is 4.39 Å². The van der Waals surface area contributed by atoms with Crippen LogP contribution in [0, 0.1) is 5.82 Å². The van der Waals surface area contributed by atoms with Crippen LogP contribution in [0.5, 0.6) is 0 Å². The van der Waals surface area contributed by atoms with Crippen molar-refractivity contribution in [1.29, 1.82) is 0 Å². The van der Waals surface area contributed by atoms with Gasteiger partial charge in [0.15, 0.2) is 0 Å². The minimum atomic E-state index is -0.621. The van der Waals surface area contributed by atoms with Gasteiger partial charge in [-0.15, -0.1) is 0 Å². The fraction of sp³-hybridized carbons (Fsp3) is 0.333. The summed E-state index contributed by atoms with van der Waals surface area (Å²) in [5.74, 6) is 0.309. The number of halogens is 2. The van der Waals surface area contributed by atoms with Crippen LogP contribution in [0.2, 0.25) is 0 Å². The molecule has 1 heterocycles. The number of aliphatic hydroxyl groups is 1. The number of furan rings is 1. The second-order valence-corrected chi connectivity index (χ2v) is 5.64. The number of nitrogens with one attached hydrogen (secondary N) is 1. The summed E-state index contributed by atoms with van der Waals surface area (Å²) in [6.07, 6.45) is 1.47. The lowest BCUT2D eigenvalue weighted by atomic mass is 10.1. The Morgan fingerprint density at radius 1 is 1.40 bits per heavy atom. The zero-order valence-corrected chi connectivity index (χ0v) is 12.7. The Balaban J connectivity index is 1.84. The Kier molecular flexibility index (Phi) is 5.34. The first-order valence-electron chi connectivity index (χ1n) is 6.45. The van der Waals surface area contributed by atoms with E-state index in [0.29, 0.717) is 18.7 Å². The fourth-order valence-electron chi connectivity index (χ4n) is 1.96. The molecular weight excluding hydrogens is 325 g/mol. The maximum Gasteiger partial charge on any atom is 0.132 e. The molecule has 3 nitrogen and oxygen atoms in total. The third kappa shape index (κ3) is 4.16. The Hall–Kier alpha value is -1.17. The summed E-state index contributed by atoms with van der Waals surface area (Å²) in [6, 6.07) is 8.23. The summed E-state index contributed by atoms with van der Waals surface area (Å²) in [6.45, 7) is 2.59. The molecule has 2 atom stereocenters. The third-order valence-electron chi connectivity index (χ3n) is 3.10. The van der Waals surface area contributed by atoms with Gasteiger partial charge < -0.3 is 14.8 Å². The van der Waals surface area contributed by atoms with E-state index in [1.807, 2.05) is 6.92 Å². The van der Waals surface area contributed by atoms with Crippen LogP contribution in [-0.4, -0.2) is 11.1 Å². The fourth-order valence-corrected chi connectivity index (χ4v) is 2.46. The third-order valence-corrected chi connectivity index (χ3v) is 3.84. The van der Waals surface area contributed by atoms with E-state index in [1.165, 1.54) is 12.1 Å². The monoisotopic (exact) mass is 341 g/mol. The average Bonchev–Trinajstić information content (AvgIpc) is 2.91. The predicted octanol–water partition coefficient (Wildman–Crippen LogP) is 3.78. The average molecular weight is 342 g/mol. The van der Waals surface area contributed by atoms with Crippen molar-refractivity contribution in [2.45, 2.75) is 32.0 Å². The maximum absolute atomic E-state index is 13.0. The van der Waals surface area contributed by atoms with Crippen molar-refractivity contribution in [3.8, 4) is 0 Å². The molecule has 108 valence electrons. The van der Waals surface area contributed by atoms with Gasteiger partial charge in [0.25, 0.3) is 0 Å². The lowest BCUT2D eigenvalue weighted by Crippen LogP contribution is -2.27. The zero-order chi connectivity index (χ0) is 14.5. The molecule has 1 aromatic carbocycles. The first-order valence-corrected chi connectivity index (χ1v) is 7.24. The molecule has 0 aliphatic carbocycles. The van der Waals surface area contributed by atoms with Crippen LogP contribution in [0.3, 0.4) is 0 Å². The molecule has 20 heavy (non-hydrogen) atoms. The lowest BCUT2D eigenvalue weighted by molar-refractivity contribution is 0.128. The van der Waals surface area contributed by atoms with E-state index in [1.54, 1.807) is 24.5 Å². The van der Waals surface area contributed by atoms with Crippen LogP contribution in [0.25, 0.3) is 0 Å². The van der Waals surface area contributed by atoms with Crippen molar-refractivity contribution >= 4 is 15.9 Å². The van der Waals surface area contributed by atoms with E-state index in [9.17, 15) is 9.50 Å². The smallest absolute Gasteiger partial charge is 0.132 e. The standard InChI is InChI=1S/C15H17BrFNO2/c1-10(7-14(19)15-3-2-6-20-15)18-9-11-4-5-12(17)8-13(11)16/h2-6,8,10,14,18-19H,7,9H2,1H3. The van der Waals surface area contributed by atoms with E-state index in [-0.39, 0.29) is 11.9 Å². The highest BCUT2D eigenvalue weighted by Crippen LogP contribution is 2.20. The minimum absolute atomic E-state index is 0.104. The molecule has 0 amide bonds. The number of benzene rings is 1. The first kappa shape index (κ1) is 15.2. The summed E-state index contributed by atoms with van der Waals surface area (Å²) in [4.78, 5) is 0. The molecule has 2 N–H and O–H groups in total. The molecule has 0 radical (unpaired) electrons. The zero-order valence-electron chi connectivity index (χ0n) is 11.1. The van der Waals surface area contributed by atoms with Crippen molar-refractivity contribution in [2.24, 2.45) is 0 Å². The molecule has 0 saturated heterocycles. The highest BCUT2D eigenvalue weighted by Gasteiger charge is 2.14. The first-order chi connectivity index (χ1) is 9.56. The molecule has 0 bridgehead atoms. The largest absolute Gasteiger partial charge is 0.467 e. The van der Waals surface area contributed by atoms with Gasteiger partial charge in [0, 0.05) is 17.1 Å². The molecule has 0 spiro atoms. The molecule has 0 aliphatic heterocycles. The van der Waals surface area contributed by atoms with E-state index in [2.05, 4.69) is 21.2 Å². The molecule has 2 rings (SSSR count). The second kappa shape index (κ2) is 7.02. The highest BCUT2D eigenvalue weighted by atomic mass is 79.9. The van der Waals surface area contributed by atoms with Crippen LogP contribution in [0.4, 0.5) is 4.39 Å². The number of hydrogen-bond acceptors (Lipinski definition) is 3. The molecule has 5 heteroatoms. The summed E-state index contributed by atoms with van der Waals surface area (Å²) in [5.41, 5.74) is 0.978. The van der Waals surface area contributed by atoms with Gasteiger partial charge in [-0.3, -0.25) is 0 Å². The van der Waals surface area contributed by atoms with Gasteiger partial charge in [-0.1, -0.05) is 22.0 Å². The molecule has 2 unspecified atom stereocenters. The van der Waals surface area contributed by atoms with Crippen molar-refractivity contribution < 1.29 is 13.9 Å². The number of hydrogen-bond donors (Lipinski definition) is 2. The molecular formula is C15H17BrFNO2. The highest BCUT2D eigenvalue weighted by molar-refractivity contribution is 9.10. The van der Waals surface area contributed by atoms with Crippen molar-refractivity contribution in [3.63, 3.8) is 0 Å². The van der Waals surface area contributed by atoms with Gasteiger partial charge in [0.2, 0.25) is 0 Å². The normalized spacial score (nSPS) is 14.2. The Labute approximate surface area is 125 Å². The predicted molar refractivity (Wildman–Crippen MR) is 78.7 cm³/mol. The summed E-state index contributed by atoms with van der Waals surface area (Å²) in [5, 5.41) is 13.3. The lowest BCUT2D eigenvalue weighted by Gasteiger charge is -2.17. The second-order valence-electron chi connectivity index (χ2n) is 4.78. The Bertz CT molecular complexity index is 545. The van der Waals surface area contributed by atoms with Crippen LogP contribution >= 0.6 is 15.9 Å². The van der Waals surface area contributed by atoms with Gasteiger partial charge in [0.05, 0.1) is 6.26 Å². The van der Waals surface area contributed by atoms with Gasteiger partial charge in [0.1, 0.15) is 17.7 Å². The molecule has 0 aliphatic rings. The van der Waals surface area contributed by atoms with Crippen molar-refractivity contribution in [2.75, 3.05) is 0 Å². The number of aliphatic hydroxyl groups excluding tert-OH is 1. The van der Waals surface area contributed by atoms with E-state index >= 15 is 0 Å². The summed E-state index contributed by atoms with van der Waals surface area (Å²) >= 11 is 3.34. The minimum Gasteiger partial charge on any atom is -0.467 e. The molecule has 2 aromatic rings. The van der Waals surface area contributed by atoms with Crippen LogP contribution < -0.4 is 5.32 Å². The van der Waals surface area contributed by atoms with Crippen molar-refractivity contribution in [3.05, 3.63) is 58.2 Å². The maximum atomic E-state index is 13.0. The van der Waals surface area contributed by atoms with Crippen LogP contribution in [0.15, 0.2) is 45.5 Å². The van der Waals surface area contributed by atoms with Gasteiger partial charge in [-0.05, 0) is 43.2 Å². The topological polar surface area (TPSA) is 45.4 Å². The molecule has 0 saturated carbocycles. The van der Waals surface area contributed by atoms with Crippen LogP contribution in [-0.2, 0) is 6.54 Å². The van der Waals surface area contributed by atoms with Gasteiger partial charge in [-0.2, -0.15) is 0 Å². The summed E-state index contributed by atoms with van der Waals surface area (Å²) in [7, 11) is 0. The summed E-state index contributed by atoms with van der Waals surface area (Å²) < 4.78 is 18.9. The van der Waals surface area contributed by atoms with Gasteiger partial charge >= 0.3 is 0 Å². The number of rotatable bonds is 6. The Morgan fingerprint density at radius 2 is 2.20 bits per heavy atom. The van der Waals surface area contributed by atoms with E-state index in [4.69, 9.17) is 4.42 Å². The quantitative estimate of drug-likeness (QED) is 0.840. The SMILES string of the molecule is CC(CC(O)c1ccco1)NCc1ccc(F)cc1Br. The van der Waals surface area contributed by atoms with Crippen molar-refractivity contribution in [1.82, 2.24) is 5.32 Å².